The third-order valence-electron chi connectivity index (χ3n) is 4.61. The minimum absolute atomic E-state index is 0.0434. The van der Waals surface area contributed by atoms with E-state index >= 15 is 0 Å². The summed E-state index contributed by atoms with van der Waals surface area (Å²) < 4.78 is 0. The lowest BCUT2D eigenvalue weighted by Crippen LogP contribution is -2.57. The van der Waals surface area contributed by atoms with Crippen LogP contribution < -0.4 is 11.1 Å². The van der Waals surface area contributed by atoms with Crippen molar-refractivity contribution in [3.05, 3.63) is 0 Å². The Kier molecular flexibility index (Phi) is 6.05. The molecule has 0 aromatic carbocycles. The van der Waals surface area contributed by atoms with Gasteiger partial charge in [0.25, 0.3) is 0 Å². The van der Waals surface area contributed by atoms with E-state index in [-0.39, 0.29) is 17.2 Å². The van der Waals surface area contributed by atoms with E-state index in [1.54, 1.807) is 0 Å². The normalized spacial score (nSPS) is 26.3. The monoisotopic (exact) mass is 297 g/mol. The molecule has 5 nitrogen and oxygen atoms in total. The lowest BCUT2D eigenvalue weighted by molar-refractivity contribution is -0.133. The zero-order valence-electron chi connectivity index (χ0n) is 13.9. The number of hydrogen-bond acceptors (Lipinski definition) is 3. The lowest BCUT2D eigenvalue weighted by atomic mass is 9.61. The third-order valence-corrected chi connectivity index (χ3v) is 4.61. The second-order valence-corrected chi connectivity index (χ2v) is 7.38. The topological polar surface area (TPSA) is 87.7 Å². The molecule has 0 unspecified atom stereocenters. The Labute approximate surface area is 128 Å². The first kappa shape index (κ1) is 17.8. The average molecular weight is 297 g/mol. The Morgan fingerprint density at radius 3 is 2.52 bits per heavy atom. The quantitative estimate of drug-likeness (QED) is 0.212. The molecule has 0 spiro atoms. The Morgan fingerprint density at radius 2 is 2.05 bits per heavy atom. The Bertz CT molecular complexity index is 385. The van der Waals surface area contributed by atoms with Crippen LogP contribution in [0.5, 0.6) is 0 Å². The summed E-state index contributed by atoms with van der Waals surface area (Å²) in [5.41, 5.74) is 5.03. The van der Waals surface area contributed by atoms with Crippen LogP contribution in [0, 0.1) is 16.7 Å². The van der Waals surface area contributed by atoms with Crippen molar-refractivity contribution in [1.29, 1.82) is 0 Å². The van der Waals surface area contributed by atoms with Crippen molar-refractivity contribution in [1.82, 2.24) is 5.32 Å². The molecular formula is C16H31N3O2. The fourth-order valence-electron chi connectivity index (χ4n) is 3.17. The third kappa shape index (κ3) is 4.35. The summed E-state index contributed by atoms with van der Waals surface area (Å²) >= 11 is 0. The van der Waals surface area contributed by atoms with E-state index in [0.29, 0.717) is 25.3 Å². The van der Waals surface area contributed by atoms with Gasteiger partial charge in [-0.25, -0.2) is 0 Å². The van der Waals surface area contributed by atoms with Crippen LogP contribution in [-0.4, -0.2) is 23.5 Å². The first-order valence-corrected chi connectivity index (χ1v) is 8.04. The smallest absolute Gasteiger partial charge is 0.233 e. The van der Waals surface area contributed by atoms with Gasteiger partial charge in [0.1, 0.15) is 5.41 Å². The predicted molar refractivity (Wildman–Crippen MR) is 85.2 cm³/mol. The average Bonchev–Trinajstić information content (AvgIpc) is 2.40. The number of nitrogens with two attached hydrogens (primary N) is 1. The van der Waals surface area contributed by atoms with Gasteiger partial charge < -0.3 is 16.3 Å². The van der Waals surface area contributed by atoms with Gasteiger partial charge in [-0.15, -0.1) is 0 Å². The molecule has 1 aliphatic carbocycles. The second kappa shape index (κ2) is 7.14. The molecule has 0 saturated heterocycles. The molecule has 1 saturated carbocycles. The molecule has 0 heterocycles. The summed E-state index contributed by atoms with van der Waals surface area (Å²) in [6.07, 6.45) is 6.02. The highest BCUT2D eigenvalue weighted by Crippen LogP contribution is 2.46. The van der Waals surface area contributed by atoms with Gasteiger partial charge in [0, 0.05) is 6.54 Å². The lowest BCUT2D eigenvalue weighted by Gasteiger charge is -2.44. The summed E-state index contributed by atoms with van der Waals surface area (Å²) in [6.45, 7) is 9.23. The summed E-state index contributed by atoms with van der Waals surface area (Å²) in [7, 11) is 0. The molecule has 0 radical (unpaired) electrons. The highest BCUT2D eigenvalue weighted by atomic mass is 16.4. The molecule has 0 atom stereocenters. The highest BCUT2D eigenvalue weighted by Gasteiger charge is 2.52. The summed E-state index contributed by atoms with van der Waals surface area (Å²) in [5, 5.41) is 15.0. The second-order valence-electron chi connectivity index (χ2n) is 7.38. The van der Waals surface area contributed by atoms with Gasteiger partial charge in [-0.3, -0.25) is 4.79 Å². The number of oxime groups is 1. The van der Waals surface area contributed by atoms with Gasteiger partial charge >= 0.3 is 0 Å². The maximum Gasteiger partial charge on any atom is 0.233 e. The number of carbonyl (C=O) groups is 1. The Morgan fingerprint density at radius 1 is 1.43 bits per heavy atom. The number of unbranched alkanes of at least 4 members (excludes halogenated alkanes) is 2. The van der Waals surface area contributed by atoms with Gasteiger partial charge in [0.15, 0.2) is 5.84 Å². The zero-order valence-corrected chi connectivity index (χ0v) is 13.9. The van der Waals surface area contributed by atoms with Crippen LogP contribution in [0.1, 0.15) is 66.2 Å². The van der Waals surface area contributed by atoms with E-state index in [1.807, 2.05) is 0 Å². The van der Waals surface area contributed by atoms with Gasteiger partial charge in [-0.1, -0.05) is 52.1 Å². The standard InChI is InChI=1S/C16H31N3O2/c1-5-6-7-8-15(3,4)11-18-14(20)16(13(17)19-21)9-12(2)10-16/h12,21H,5-11H2,1-4H3,(H2,17,19)(H,18,20). The first-order valence-electron chi connectivity index (χ1n) is 8.04. The van der Waals surface area contributed by atoms with E-state index in [2.05, 4.69) is 38.2 Å². The van der Waals surface area contributed by atoms with Crippen molar-refractivity contribution in [2.45, 2.75) is 66.2 Å². The molecule has 1 fully saturated rings. The minimum atomic E-state index is -0.798. The van der Waals surface area contributed by atoms with Crippen LogP contribution in [0.25, 0.3) is 0 Å². The van der Waals surface area contributed by atoms with E-state index in [1.165, 1.54) is 19.3 Å². The van der Waals surface area contributed by atoms with Gasteiger partial charge in [0.05, 0.1) is 0 Å². The van der Waals surface area contributed by atoms with Crippen LogP contribution in [0.15, 0.2) is 5.16 Å². The van der Waals surface area contributed by atoms with Crippen molar-refractivity contribution < 1.29 is 10.0 Å². The van der Waals surface area contributed by atoms with E-state index in [4.69, 9.17) is 10.9 Å². The number of amides is 1. The van der Waals surface area contributed by atoms with Crippen LogP contribution >= 0.6 is 0 Å². The maximum atomic E-state index is 12.5. The van der Waals surface area contributed by atoms with Crippen LogP contribution in [-0.2, 0) is 4.79 Å². The predicted octanol–water partition coefficient (Wildman–Crippen LogP) is 2.87. The number of nitrogens with zero attached hydrogens (tertiary/aromatic N) is 1. The number of nitrogens with one attached hydrogen (secondary N) is 1. The summed E-state index contributed by atoms with van der Waals surface area (Å²) in [6, 6.07) is 0. The number of hydrogen-bond donors (Lipinski definition) is 3. The van der Waals surface area contributed by atoms with Gasteiger partial charge in [-0.2, -0.15) is 0 Å². The number of rotatable bonds is 8. The maximum absolute atomic E-state index is 12.5. The molecular weight excluding hydrogens is 266 g/mol. The van der Waals surface area contributed by atoms with Crippen molar-refractivity contribution in [2.75, 3.05) is 6.54 Å². The number of amidine groups is 1. The number of carbonyl (C=O) groups excluding carboxylic acids is 1. The first-order chi connectivity index (χ1) is 9.77. The van der Waals surface area contributed by atoms with E-state index in [9.17, 15) is 4.79 Å². The highest BCUT2D eigenvalue weighted by molar-refractivity contribution is 6.07. The van der Waals surface area contributed by atoms with Gasteiger partial charge in [0.2, 0.25) is 5.91 Å². The fourth-order valence-corrected chi connectivity index (χ4v) is 3.17. The molecule has 122 valence electrons. The van der Waals surface area contributed by atoms with Crippen molar-refractivity contribution in [2.24, 2.45) is 27.6 Å². The summed E-state index contributed by atoms with van der Waals surface area (Å²) in [4.78, 5) is 12.5. The SMILES string of the molecule is CCCCCC(C)(C)CNC(=O)C1(C(N)=NO)CC(C)C1. The van der Waals surface area contributed by atoms with Crippen molar-refractivity contribution >= 4 is 11.7 Å². The van der Waals surface area contributed by atoms with Crippen molar-refractivity contribution in [3.63, 3.8) is 0 Å². The molecule has 21 heavy (non-hydrogen) atoms. The Hall–Kier alpha value is -1.26. The molecule has 1 rings (SSSR count). The largest absolute Gasteiger partial charge is 0.409 e. The van der Waals surface area contributed by atoms with Crippen LogP contribution in [0.4, 0.5) is 0 Å². The van der Waals surface area contributed by atoms with Crippen LogP contribution in [0.2, 0.25) is 0 Å². The molecule has 1 amide bonds. The molecule has 0 aliphatic heterocycles. The molecule has 0 bridgehead atoms. The van der Waals surface area contributed by atoms with Gasteiger partial charge in [-0.05, 0) is 30.6 Å². The zero-order chi connectivity index (χ0) is 16.1. The molecule has 4 N–H and O–H groups in total. The van der Waals surface area contributed by atoms with Crippen LogP contribution in [0.3, 0.4) is 0 Å². The van der Waals surface area contributed by atoms with E-state index in [0.717, 1.165) is 6.42 Å². The summed E-state index contributed by atoms with van der Waals surface area (Å²) in [5.74, 6) is 0.384. The molecule has 0 aromatic rings. The fraction of sp³-hybridized carbons (Fsp3) is 0.875. The molecule has 1 aliphatic rings. The van der Waals surface area contributed by atoms with E-state index < -0.39 is 5.41 Å². The van der Waals surface area contributed by atoms with Crippen molar-refractivity contribution in [3.8, 4) is 0 Å². The molecule has 0 aromatic heterocycles. The Balaban J connectivity index is 2.55. The molecule has 5 heteroatoms. The minimum Gasteiger partial charge on any atom is -0.409 e.